The number of carbonyl (C=O) groups excluding carboxylic acids is 1. The Bertz CT molecular complexity index is 1100. The Hall–Kier alpha value is -2.76. The SMILES string of the molecule is Cc1cn(-c2cc(NC3CCC3)c3c(N)n[nH]c3c2)c2c1C(=O)CC(C)(C)C2. The molecule has 146 valence electrons. The Kier molecular flexibility index (Phi) is 3.63. The van der Waals surface area contributed by atoms with Crippen LogP contribution in [0.1, 0.15) is 61.1 Å². The summed E-state index contributed by atoms with van der Waals surface area (Å²) in [6.07, 6.45) is 7.22. The standard InChI is InChI=1S/C22H27N5O/c1-12-11-27(17-9-22(2,3)10-18(28)19(12)17)14-7-15(24-13-5-4-6-13)20-16(8-14)25-26-21(20)23/h7-8,11,13,24H,4-6,9-10H2,1-3H3,(H3,23,25,26). The number of fused-ring (bicyclic) bond motifs is 2. The van der Waals surface area contributed by atoms with E-state index in [-0.39, 0.29) is 11.2 Å². The van der Waals surface area contributed by atoms with Gasteiger partial charge in [-0.05, 0) is 55.7 Å². The molecule has 0 saturated heterocycles. The van der Waals surface area contributed by atoms with Gasteiger partial charge in [0, 0.05) is 41.3 Å². The molecule has 3 aromatic rings. The van der Waals surface area contributed by atoms with E-state index in [0.29, 0.717) is 18.3 Å². The van der Waals surface area contributed by atoms with Crippen LogP contribution in [0.3, 0.4) is 0 Å². The summed E-state index contributed by atoms with van der Waals surface area (Å²) in [5.41, 5.74) is 12.1. The highest BCUT2D eigenvalue weighted by Crippen LogP contribution is 2.39. The molecule has 28 heavy (non-hydrogen) atoms. The van der Waals surface area contributed by atoms with Crippen LogP contribution in [-0.2, 0) is 6.42 Å². The molecule has 2 aliphatic rings. The summed E-state index contributed by atoms with van der Waals surface area (Å²) in [5.74, 6) is 0.771. The number of nitrogen functional groups attached to an aromatic ring is 1. The highest BCUT2D eigenvalue weighted by Gasteiger charge is 2.35. The molecule has 0 spiro atoms. The molecule has 5 rings (SSSR count). The van der Waals surface area contributed by atoms with Crippen molar-refractivity contribution in [3.8, 4) is 5.69 Å². The van der Waals surface area contributed by atoms with Gasteiger partial charge in [0.15, 0.2) is 11.6 Å². The van der Waals surface area contributed by atoms with Crippen molar-refractivity contribution in [2.75, 3.05) is 11.1 Å². The number of nitrogens with one attached hydrogen (secondary N) is 2. The second-order valence-corrected chi connectivity index (χ2v) is 9.24. The van der Waals surface area contributed by atoms with Crippen molar-refractivity contribution in [3.63, 3.8) is 0 Å². The Morgan fingerprint density at radius 2 is 2.07 bits per heavy atom. The van der Waals surface area contributed by atoms with Crippen molar-refractivity contribution < 1.29 is 4.79 Å². The molecular weight excluding hydrogens is 350 g/mol. The van der Waals surface area contributed by atoms with E-state index in [2.05, 4.69) is 52.3 Å². The van der Waals surface area contributed by atoms with Gasteiger partial charge in [-0.25, -0.2) is 0 Å². The molecule has 4 N–H and O–H groups in total. The lowest BCUT2D eigenvalue weighted by Gasteiger charge is -2.30. The van der Waals surface area contributed by atoms with Crippen LogP contribution in [0.2, 0.25) is 0 Å². The molecule has 0 amide bonds. The number of rotatable bonds is 3. The van der Waals surface area contributed by atoms with Crippen LogP contribution in [0.25, 0.3) is 16.6 Å². The number of aromatic amines is 1. The Balaban J connectivity index is 1.68. The maximum absolute atomic E-state index is 12.8. The smallest absolute Gasteiger partial charge is 0.165 e. The predicted octanol–water partition coefficient (Wildman–Crippen LogP) is 4.36. The average molecular weight is 377 g/mol. The molecule has 1 aromatic carbocycles. The summed E-state index contributed by atoms with van der Waals surface area (Å²) in [6.45, 7) is 6.37. The molecule has 6 heteroatoms. The van der Waals surface area contributed by atoms with Gasteiger partial charge in [-0.15, -0.1) is 0 Å². The van der Waals surface area contributed by atoms with E-state index in [9.17, 15) is 4.79 Å². The number of nitrogens with two attached hydrogens (primary N) is 1. The lowest BCUT2D eigenvalue weighted by Crippen LogP contribution is -2.28. The number of aryl methyl sites for hydroxylation is 1. The second kappa shape index (κ2) is 5.87. The number of hydrogen-bond donors (Lipinski definition) is 3. The number of H-pyrrole nitrogens is 1. The Labute approximate surface area is 164 Å². The van der Waals surface area contributed by atoms with E-state index < -0.39 is 0 Å². The van der Waals surface area contributed by atoms with Crippen molar-refractivity contribution in [2.45, 2.75) is 58.9 Å². The van der Waals surface area contributed by atoms with Crippen molar-refractivity contribution >= 4 is 28.2 Å². The van der Waals surface area contributed by atoms with Crippen LogP contribution in [0.5, 0.6) is 0 Å². The van der Waals surface area contributed by atoms with Crippen LogP contribution in [0.4, 0.5) is 11.5 Å². The van der Waals surface area contributed by atoms with Crippen molar-refractivity contribution in [1.82, 2.24) is 14.8 Å². The third-order valence-electron chi connectivity index (χ3n) is 6.28. The summed E-state index contributed by atoms with van der Waals surface area (Å²) in [4.78, 5) is 12.8. The van der Waals surface area contributed by atoms with Crippen LogP contribution in [0, 0.1) is 12.3 Å². The van der Waals surface area contributed by atoms with Gasteiger partial charge in [0.25, 0.3) is 0 Å². The first-order valence-electron chi connectivity index (χ1n) is 10.1. The minimum Gasteiger partial charge on any atom is -0.382 e. The monoisotopic (exact) mass is 377 g/mol. The third kappa shape index (κ3) is 2.62. The first-order valence-corrected chi connectivity index (χ1v) is 10.1. The van der Waals surface area contributed by atoms with E-state index in [4.69, 9.17) is 5.73 Å². The van der Waals surface area contributed by atoms with Gasteiger partial charge in [-0.2, -0.15) is 5.10 Å². The highest BCUT2D eigenvalue weighted by atomic mass is 16.1. The van der Waals surface area contributed by atoms with Crippen molar-refractivity contribution in [2.24, 2.45) is 5.41 Å². The molecule has 6 nitrogen and oxygen atoms in total. The van der Waals surface area contributed by atoms with Crippen molar-refractivity contribution in [1.29, 1.82) is 0 Å². The Morgan fingerprint density at radius 1 is 1.29 bits per heavy atom. The van der Waals surface area contributed by atoms with Crippen LogP contribution in [0.15, 0.2) is 18.3 Å². The molecule has 0 unspecified atom stereocenters. The molecule has 0 aliphatic heterocycles. The summed E-state index contributed by atoms with van der Waals surface area (Å²) in [5, 5.41) is 11.9. The lowest BCUT2D eigenvalue weighted by atomic mass is 9.75. The number of benzene rings is 1. The number of anilines is 2. The fourth-order valence-corrected chi connectivity index (χ4v) is 4.70. The quantitative estimate of drug-likeness (QED) is 0.632. The fourth-order valence-electron chi connectivity index (χ4n) is 4.70. The van der Waals surface area contributed by atoms with Crippen molar-refractivity contribution in [3.05, 3.63) is 35.2 Å². The maximum Gasteiger partial charge on any atom is 0.165 e. The third-order valence-corrected chi connectivity index (χ3v) is 6.28. The minimum atomic E-state index is -0.0256. The largest absolute Gasteiger partial charge is 0.382 e. The van der Waals surface area contributed by atoms with E-state index in [1.807, 2.05) is 6.92 Å². The predicted molar refractivity (Wildman–Crippen MR) is 112 cm³/mol. The second-order valence-electron chi connectivity index (χ2n) is 9.24. The zero-order valence-corrected chi connectivity index (χ0v) is 16.7. The van der Waals surface area contributed by atoms with E-state index in [1.165, 1.54) is 19.3 Å². The first kappa shape index (κ1) is 17.3. The highest BCUT2D eigenvalue weighted by molar-refractivity contribution is 6.02. The molecule has 0 bridgehead atoms. The van der Waals surface area contributed by atoms with Gasteiger partial charge < -0.3 is 15.6 Å². The lowest BCUT2D eigenvalue weighted by molar-refractivity contribution is 0.0910. The van der Waals surface area contributed by atoms with Gasteiger partial charge in [0.2, 0.25) is 0 Å². The number of Topliss-reactive ketones (excluding diaryl/α,β-unsaturated/α-hetero) is 1. The number of nitrogens with zero attached hydrogens (tertiary/aromatic N) is 2. The molecule has 1 saturated carbocycles. The number of aromatic nitrogens is 3. The van der Waals surface area contributed by atoms with Gasteiger partial charge in [-0.3, -0.25) is 9.89 Å². The zero-order valence-electron chi connectivity index (χ0n) is 16.7. The van der Waals surface area contributed by atoms with Gasteiger partial charge in [0.1, 0.15) is 0 Å². The van der Waals surface area contributed by atoms with E-state index in [0.717, 1.165) is 45.5 Å². The zero-order chi connectivity index (χ0) is 19.6. The number of hydrogen-bond acceptors (Lipinski definition) is 4. The number of ketones is 1. The van der Waals surface area contributed by atoms with Crippen LogP contribution < -0.4 is 11.1 Å². The summed E-state index contributed by atoms with van der Waals surface area (Å²) < 4.78 is 2.19. The molecule has 2 heterocycles. The van der Waals surface area contributed by atoms with Crippen LogP contribution in [-0.4, -0.2) is 26.6 Å². The summed E-state index contributed by atoms with van der Waals surface area (Å²) in [6, 6.07) is 4.72. The molecular formula is C22H27N5O. The molecule has 0 atom stereocenters. The Morgan fingerprint density at radius 3 is 2.79 bits per heavy atom. The van der Waals surface area contributed by atoms with E-state index >= 15 is 0 Å². The molecule has 2 aliphatic carbocycles. The van der Waals surface area contributed by atoms with E-state index in [1.54, 1.807) is 0 Å². The number of carbonyl (C=O) groups is 1. The van der Waals surface area contributed by atoms with Crippen LogP contribution >= 0.6 is 0 Å². The van der Waals surface area contributed by atoms with Gasteiger partial charge >= 0.3 is 0 Å². The fraction of sp³-hybridized carbons (Fsp3) is 0.455. The van der Waals surface area contributed by atoms with Gasteiger partial charge in [0.05, 0.1) is 10.9 Å². The normalized spacial score (nSPS) is 18.9. The molecule has 0 radical (unpaired) electrons. The summed E-state index contributed by atoms with van der Waals surface area (Å²) >= 11 is 0. The maximum atomic E-state index is 12.8. The first-order chi connectivity index (χ1) is 13.3. The minimum absolute atomic E-state index is 0.0256. The molecule has 2 aromatic heterocycles. The summed E-state index contributed by atoms with van der Waals surface area (Å²) in [7, 11) is 0. The molecule has 1 fully saturated rings. The van der Waals surface area contributed by atoms with Gasteiger partial charge in [-0.1, -0.05) is 13.8 Å². The topological polar surface area (TPSA) is 88.7 Å². The average Bonchev–Trinajstić information content (AvgIpc) is 3.10.